The minimum absolute atomic E-state index is 0.0109. The van der Waals surface area contributed by atoms with Gasteiger partial charge >= 0.3 is 0 Å². The molecule has 1 saturated carbocycles. The van der Waals surface area contributed by atoms with Gasteiger partial charge in [-0.05, 0) is 38.8 Å². The lowest BCUT2D eigenvalue weighted by atomic mass is 10.2. The van der Waals surface area contributed by atoms with Crippen molar-refractivity contribution in [2.45, 2.75) is 32.7 Å². The van der Waals surface area contributed by atoms with Crippen molar-refractivity contribution in [1.82, 2.24) is 15.1 Å². The van der Waals surface area contributed by atoms with Crippen LogP contribution in [0, 0.1) is 5.92 Å². The van der Waals surface area contributed by atoms with E-state index in [2.05, 4.69) is 10.6 Å². The second-order valence-electron chi connectivity index (χ2n) is 7.96. The van der Waals surface area contributed by atoms with Gasteiger partial charge in [-0.2, -0.15) is 0 Å². The molecule has 29 heavy (non-hydrogen) atoms. The largest absolute Gasteiger partial charge is 0.484 e. The number of ether oxygens (including phenoxy) is 1. The number of hydrogen-bond donors (Lipinski definition) is 2. The van der Waals surface area contributed by atoms with E-state index < -0.39 is 0 Å². The second kappa shape index (κ2) is 9.73. The molecule has 158 valence electrons. The Kier molecular flexibility index (Phi) is 7.09. The Balaban J connectivity index is 1.40. The van der Waals surface area contributed by atoms with Crippen LogP contribution in [0.5, 0.6) is 5.75 Å². The number of carbonyl (C=O) groups is 3. The van der Waals surface area contributed by atoms with Crippen LogP contribution in [0.25, 0.3) is 0 Å². The first-order valence-electron chi connectivity index (χ1n) is 10.2. The Morgan fingerprint density at radius 2 is 1.86 bits per heavy atom. The molecule has 0 aromatic heterocycles. The third-order valence-corrected chi connectivity index (χ3v) is 4.95. The van der Waals surface area contributed by atoms with E-state index in [-0.39, 0.29) is 36.3 Å². The molecule has 0 unspecified atom stereocenters. The number of hydrogen-bond acceptors (Lipinski definition) is 5. The zero-order valence-corrected chi connectivity index (χ0v) is 17.1. The Morgan fingerprint density at radius 1 is 1.14 bits per heavy atom. The fraction of sp³-hybridized carbons (Fsp3) is 0.571. The lowest BCUT2D eigenvalue weighted by Gasteiger charge is -2.34. The molecule has 1 saturated heterocycles. The predicted octanol–water partition coefficient (Wildman–Crippen LogP) is 1.08. The predicted molar refractivity (Wildman–Crippen MR) is 110 cm³/mol. The maximum absolute atomic E-state index is 12.4. The number of nitrogens with zero attached hydrogens (tertiary/aromatic N) is 2. The van der Waals surface area contributed by atoms with Crippen LogP contribution in [0.15, 0.2) is 24.3 Å². The van der Waals surface area contributed by atoms with E-state index in [1.54, 1.807) is 23.1 Å². The number of piperazine rings is 1. The standard InChI is InChI=1S/C21H30N4O4/c1-15(2)22-19(26)13-24-8-10-25(11-9-24)20(27)14-29-18-5-3-4-17(12-18)23-21(28)16-6-7-16/h3-5,12,15-16H,6-11,13-14H2,1-2H3,(H,22,26)(H,23,28). The molecule has 0 bridgehead atoms. The zero-order valence-electron chi connectivity index (χ0n) is 17.1. The maximum atomic E-state index is 12.4. The van der Waals surface area contributed by atoms with Gasteiger partial charge in [-0.15, -0.1) is 0 Å². The summed E-state index contributed by atoms with van der Waals surface area (Å²) >= 11 is 0. The molecule has 8 nitrogen and oxygen atoms in total. The van der Waals surface area contributed by atoms with Crippen molar-refractivity contribution in [3.8, 4) is 5.75 Å². The average Bonchev–Trinajstić information content (AvgIpc) is 3.52. The quantitative estimate of drug-likeness (QED) is 0.679. The Labute approximate surface area is 171 Å². The number of anilines is 1. The van der Waals surface area contributed by atoms with Gasteiger partial charge in [0.2, 0.25) is 11.8 Å². The van der Waals surface area contributed by atoms with Crippen LogP contribution in [0.3, 0.4) is 0 Å². The summed E-state index contributed by atoms with van der Waals surface area (Å²) in [6.45, 7) is 6.67. The van der Waals surface area contributed by atoms with Gasteiger partial charge < -0.3 is 20.3 Å². The third-order valence-electron chi connectivity index (χ3n) is 4.95. The highest BCUT2D eigenvalue weighted by Crippen LogP contribution is 2.30. The molecule has 1 aliphatic heterocycles. The molecule has 1 aliphatic carbocycles. The fourth-order valence-corrected chi connectivity index (χ4v) is 3.22. The van der Waals surface area contributed by atoms with E-state index in [1.165, 1.54) is 0 Å². The van der Waals surface area contributed by atoms with Gasteiger partial charge in [-0.1, -0.05) is 6.07 Å². The molecular weight excluding hydrogens is 372 g/mol. The van der Waals surface area contributed by atoms with Crippen LogP contribution < -0.4 is 15.4 Å². The van der Waals surface area contributed by atoms with Gasteiger partial charge in [0.1, 0.15) is 5.75 Å². The van der Waals surface area contributed by atoms with Gasteiger partial charge in [0.05, 0.1) is 6.54 Å². The zero-order chi connectivity index (χ0) is 20.8. The number of benzene rings is 1. The highest BCUT2D eigenvalue weighted by molar-refractivity contribution is 5.94. The van der Waals surface area contributed by atoms with Crippen LogP contribution >= 0.6 is 0 Å². The van der Waals surface area contributed by atoms with Crippen LogP contribution in [0.2, 0.25) is 0 Å². The van der Waals surface area contributed by atoms with Gasteiger partial charge in [0.25, 0.3) is 5.91 Å². The molecule has 3 rings (SSSR count). The summed E-state index contributed by atoms with van der Waals surface area (Å²) in [7, 11) is 0. The summed E-state index contributed by atoms with van der Waals surface area (Å²) in [6.07, 6.45) is 1.90. The molecule has 2 N–H and O–H groups in total. The van der Waals surface area contributed by atoms with E-state index in [9.17, 15) is 14.4 Å². The van der Waals surface area contributed by atoms with Crippen LogP contribution in [0.1, 0.15) is 26.7 Å². The number of amides is 3. The maximum Gasteiger partial charge on any atom is 0.260 e. The van der Waals surface area contributed by atoms with E-state index in [4.69, 9.17) is 4.74 Å². The van der Waals surface area contributed by atoms with Crippen molar-refractivity contribution < 1.29 is 19.1 Å². The van der Waals surface area contributed by atoms with Crippen LogP contribution in [-0.2, 0) is 14.4 Å². The fourth-order valence-electron chi connectivity index (χ4n) is 3.22. The van der Waals surface area contributed by atoms with Crippen molar-refractivity contribution >= 4 is 23.4 Å². The minimum Gasteiger partial charge on any atom is -0.484 e. The Hall–Kier alpha value is -2.61. The summed E-state index contributed by atoms with van der Waals surface area (Å²) in [5.41, 5.74) is 0.681. The molecule has 3 amide bonds. The van der Waals surface area contributed by atoms with Gasteiger partial charge in [0.15, 0.2) is 6.61 Å². The SMILES string of the molecule is CC(C)NC(=O)CN1CCN(C(=O)COc2cccc(NC(=O)C3CC3)c2)CC1. The highest BCUT2D eigenvalue weighted by atomic mass is 16.5. The molecule has 1 aromatic rings. The first kappa shape index (κ1) is 21.1. The molecular formula is C21H30N4O4. The molecule has 0 atom stereocenters. The summed E-state index contributed by atoms with van der Waals surface area (Å²) in [5, 5.41) is 5.76. The summed E-state index contributed by atoms with van der Waals surface area (Å²) in [4.78, 5) is 40.0. The molecule has 0 spiro atoms. The van der Waals surface area contributed by atoms with E-state index >= 15 is 0 Å². The Morgan fingerprint density at radius 3 is 2.52 bits per heavy atom. The molecule has 2 fully saturated rings. The van der Waals surface area contributed by atoms with Crippen molar-refractivity contribution in [2.24, 2.45) is 5.92 Å². The molecule has 8 heteroatoms. The number of carbonyl (C=O) groups excluding carboxylic acids is 3. The molecule has 2 aliphatic rings. The number of nitrogens with one attached hydrogen (secondary N) is 2. The van der Waals surface area contributed by atoms with Crippen LogP contribution in [-0.4, -0.2) is 72.9 Å². The third kappa shape index (κ3) is 6.74. The van der Waals surface area contributed by atoms with E-state index in [0.29, 0.717) is 44.2 Å². The lowest BCUT2D eigenvalue weighted by molar-refractivity contribution is -0.135. The van der Waals surface area contributed by atoms with Crippen molar-refractivity contribution in [3.63, 3.8) is 0 Å². The van der Waals surface area contributed by atoms with Crippen LogP contribution in [0.4, 0.5) is 5.69 Å². The van der Waals surface area contributed by atoms with Gasteiger partial charge in [-0.25, -0.2) is 0 Å². The first-order valence-corrected chi connectivity index (χ1v) is 10.2. The summed E-state index contributed by atoms with van der Waals surface area (Å²) in [6, 6.07) is 7.24. The smallest absolute Gasteiger partial charge is 0.260 e. The van der Waals surface area contributed by atoms with Crippen molar-refractivity contribution in [2.75, 3.05) is 44.6 Å². The number of rotatable bonds is 8. The highest BCUT2D eigenvalue weighted by Gasteiger charge is 2.29. The molecule has 1 aromatic carbocycles. The monoisotopic (exact) mass is 402 g/mol. The van der Waals surface area contributed by atoms with E-state index in [0.717, 1.165) is 12.8 Å². The second-order valence-corrected chi connectivity index (χ2v) is 7.96. The Bertz CT molecular complexity index is 740. The average molecular weight is 402 g/mol. The molecule has 1 heterocycles. The minimum atomic E-state index is -0.0799. The summed E-state index contributed by atoms with van der Waals surface area (Å²) < 4.78 is 5.63. The van der Waals surface area contributed by atoms with Crippen molar-refractivity contribution in [1.29, 1.82) is 0 Å². The topological polar surface area (TPSA) is 91.0 Å². The van der Waals surface area contributed by atoms with E-state index in [1.807, 2.05) is 24.8 Å². The lowest BCUT2D eigenvalue weighted by Crippen LogP contribution is -2.52. The van der Waals surface area contributed by atoms with Gasteiger partial charge in [0, 0.05) is 49.9 Å². The first-order chi connectivity index (χ1) is 13.9. The molecule has 0 radical (unpaired) electrons. The normalized spacial score (nSPS) is 17.1. The van der Waals surface area contributed by atoms with Gasteiger partial charge in [-0.3, -0.25) is 19.3 Å². The summed E-state index contributed by atoms with van der Waals surface area (Å²) in [5.74, 6) is 0.658. The van der Waals surface area contributed by atoms with Crippen molar-refractivity contribution in [3.05, 3.63) is 24.3 Å².